The number of halogens is 3. The van der Waals surface area contributed by atoms with E-state index in [9.17, 15) is 8.78 Å². The largest absolute Gasteiger partial charge is 0.435 e. The van der Waals surface area contributed by atoms with Gasteiger partial charge in [0.15, 0.2) is 0 Å². The van der Waals surface area contributed by atoms with E-state index in [2.05, 4.69) is 20.0 Å². The molecule has 1 heterocycles. The van der Waals surface area contributed by atoms with Crippen molar-refractivity contribution in [3.05, 3.63) is 46.9 Å². The van der Waals surface area contributed by atoms with Crippen LogP contribution in [0.25, 0.3) is 0 Å². The summed E-state index contributed by atoms with van der Waals surface area (Å²) in [5, 5.41) is 3.62. The van der Waals surface area contributed by atoms with Crippen LogP contribution >= 0.6 is 11.6 Å². The highest BCUT2D eigenvalue weighted by Crippen LogP contribution is 2.26. The van der Waals surface area contributed by atoms with Crippen LogP contribution in [0.4, 0.5) is 14.6 Å². The van der Waals surface area contributed by atoms with Gasteiger partial charge >= 0.3 is 6.61 Å². The third-order valence-corrected chi connectivity index (χ3v) is 3.37. The van der Waals surface area contributed by atoms with E-state index in [1.54, 1.807) is 19.1 Å². The Bertz CT molecular complexity index is 608. The minimum absolute atomic E-state index is 0.0996. The number of hydrogen-bond donors (Lipinski definition) is 1. The SMILES string of the molecule is Cc1ncnc(NC(C)c2ccc(OC(F)F)cc2)c1Cl. The Balaban J connectivity index is 2.09. The van der Waals surface area contributed by atoms with Crippen molar-refractivity contribution in [3.8, 4) is 5.75 Å². The first-order valence-electron chi connectivity index (χ1n) is 6.25. The van der Waals surface area contributed by atoms with Crippen LogP contribution < -0.4 is 10.1 Å². The number of benzene rings is 1. The summed E-state index contributed by atoms with van der Waals surface area (Å²) in [6.45, 7) is 0.877. The number of hydrogen-bond acceptors (Lipinski definition) is 4. The molecule has 4 nitrogen and oxygen atoms in total. The van der Waals surface area contributed by atoms with Crippen molar-refractivity contribution in [3.63, 3.8) is 0 Å². The van der Waals surface area contributed by atoms with Gasteiger partial charge < -0.3 is 10.1 Å². The minimum Gasteiger partial charge on any atom is -0.435 e. The van der Waals surface area contributed by atoms with E-state index in [0.29, 0.717) is 16.5 Å². The lowest BCUT2D eigenvalue weighted by Gasteiger charge is -2.16. The van der Waals surface area contributed by atoms with Crippen LogP contribution in [0, 0.1) is 6.92 Å². The summed E-state index contributed by atoms with van der Waals surface area (Å²) in [5.41, 5.74) is 1.57. The van der Waals surface area contributed by atoms with E-state index >= 15 is 0 Å². The molecule has 0 bridgehead atoms. The van der Waals surface area contributed by atoms with Crippen LogP contribution in [0.5, 0.6) is 5.75 Å². The number of nitrogens with one attached hydrogen (secondary N) is 1. The summed E-state index contributed by atoms with van der Waals surface area (Å²) < 4.78 is 28.5. The lowest BCUT2D eigenvalue weighted by Crippen LogP contribution is -2.09. The van der Waals surface area contributed by atoms with Gasteiger partial charge in [-0.05, 0) is 31.5 Å². The highest BCUT2D eigenvalue weighted by atomic mass is 35.5. The van der Waals surface area contributed by atoms with Crippen molar-refractivity contribution in [2.75, 3.05) is 5.32 Å². The van der Waals surface area contributed by atoms with Crippen LogP contribution in [0.15, 0.2) is 30.6 Å². The molecule has 0 radical (unpaired) electrons. The molecular formula is C14H14ClF2N3O. The predicted octanol–water partition coefficient (Wildman–Crippen LogP) is 4.21. The Kier molecular flexibility index (Phi) is 4.90. The fourth-order valence-electron chi connectivity index (χ4n) is 1.78. The van der Waals surface area contributed by atoms with Gasteiger partial charge in [0.1, 0.15) is 22.9 Å². The summed E-state index contributed by atoms with van der Waals surface area (Å²) in [5.74, 6) is 0.654. The van der Waals surface area contributed by atoms with Gasteiger partial charge in [0.25, 0.3) is 0 Å². The van der Waals surface area contributed by atoms with Crippen LogP contribution in [0.1, 0.15) is 24.2 Å². The number of ether oxygens (including phenoxy) is 1. The van der Waals surface area contributed by atoms with Crippen molar-refractivity contribution in [1.29, 1.82) is 0 Å². The van der Waals surface area contributed by atoms with Crippen molar-refractivity contribution in [2.45, 2.75) is 26.5 Å². The van der Waals surface area contributed by atoms with Gasteiger partial charge in [-0.1, -0.05) is 23.7 Å². The standard InChI is InChI=1S/C14H14ClF2N3O/c1-8(20-13-12(15)9(2)18-7-19-13)10-3-5-11(6-4-10)21-14(16)17/h3-8,14H,1-2H3,(H,18,19,20). The zero-order chi connectivity index (χ0) is 15.4. The van der Waals surface area contributed by atoms with E-state index in [4.69, 9.17) is 11.6 Å². The average molecular weight is 314 g/mol. The van der Waals surface area contributed by atoms with Crippen LogP contribution in [-0.4, -0.2) is 16.6 Å². The molecule has 0 spiro atoms. The molecule has 1 unspecified atom stereocenters. The lowest BCUT2D eigenvalue weighted by atomic mass is 10.1. The Labute approximate surface area is 126 Å². The monoisotopic (exact) mass is 313 g/mol. The molecule has 1 aromatic carbocycles. The second-order valence-electron chi connectivity index (χ2n) is 4.44. The summed E-state index contributed by atoms with van der Waals surface area (Å²) in [6.07, 6.45) is 1.43. The molecule has 1 N–H and O–H groups in total. The molecule has 1 atom stereocenters. The van der Waals surface area contributed by atoms with Crippen molar-refractivity contribution >= 4 is 17.4 Å². The van der Waals surface area contributed by atoms with E-state index < -0.39 is 6.61 Å². The molecule has 1 aromatic heterocycles. The van der Waals surface area contributed by atoms with Crippen molar-refractivity contribution in [2.24, 2.45) is 0 Å². The van der Waals surface area contributed by atoms with Gasteiger partial charge in [-0.3, -0.25) is 0 Å². The Hall–Kier alpha value is -1.95. The Morgan fingerprint density at radius 3 is 2.48 bits per heavy atom. The van der Waals surface area contributed by atoms with E-state index in [1.807, 2.05) is 6.92 Å². The maximum absolute atomic E-state index is 12.1. The highest BCUT2D eigenvalue weighted by Gasteiger charge is 2.11. The number of rotatable bonds is 5. The Morgan fingerprint density at radius 2 is 1.86 bits per heavy atom. The van der Waals surface area contributed by atoms with E-state index in [0.717, 1.165) is 5.56 Å². The predicted molar refractivity (Wildman–Crippen MR) is 76.9 cm³/mol. The summed E-state index contributed by atoms with van der Waals surface area (Å²) >= 11 is 6.12. The first kappa shape index (κ1) is 15.4. The van der Waals surface area contributed by atoms with Gasteiger partial charge in [0.2, 0.25) is 0 Å². The molecule has 0 saturated carbocycles. The second-order valence-corrected chi connectivity index (χ2v) is 4.81. The van der Waals surface area contributed by atoms with Crippen LogP contribution in [0.3, 0.4) is 0 Å². The number of aryl methyl sites for hydroxylation is 1. The fraction of sp³-hybridized carbons (Fsp3) is 0.286. The maximum atomic E-state index is 12.1. The molecule has 2 rings (SSSR count). The van der Waals surface area contributed by atoms with Gasteiger partial charge in [-0.15, -0.1) is 0 Å². The van der Waals surface area contributed by atoms with E-state index in [-0.39, 0.29) is 11.8 Å². The topological polar surface area (TPSA) is 47.0 Å². The zero-order valence-corrected chi connectivity index (χ0v) is 12.2. The van der Waals surface area contributed by atoms with Gasteiger partial charge in [-0.25, -0.2) is 9.97 Å². The van der Waals surface area contributed by atoms with Gasteiger partial charge in [0.05, 0.1) is 5.69 Å². The van der Waals surface area contributed by atoms with Crippen molar-refractivity contribution < 1.29 is 13.5 Å². The molecular weight excluding hydrogens is 300 g/mol. The number of aromatic nitrogens is 2. The third kappa shape index (κ3) is 4.01. The molecule has 2 aromatic rings. The summed E-state index contributed by atoms with van der Waals surface area (Å²) in [4.78, 5) is 8.07. The fourth-order valence-corrected chi connectivity index (χ4v) is 1.94. The smallest absolute Gasteiger partial charge is 0.387 e. The number of alkyl halides is 2. The van der Waals surface area contributed by atoms with Gasteiger partial charge in [-0.2, -0.15) is 8.78 Å². The van der Waals surface area contributed by atoms with Crippen LogP contribution in [0.2, 0.25) is 5.02 Å². The molecule has 0 aliphatic rings. The molecule has 21 heavy (non-hydrogen) atoms. The first-order valence-corrected chi connectivity index (χ1v) is 6.63. The summed E-state index contributed by atoms with van der Waals surface area (Å²) in [7, 11) is 0. The molecule has 0 saturated heterocycles. The molecule has 0 fully saturated rings. The number of nitrogens with zero attached hydrogens (tertiary/aromatic N) is 2. The van der Waals surface area contributed by atoms with Crippen LogP contribution in [-0.2, 0) is 0 Å². The quantitative estimate of drug-likeness (QED) is 0.898. The average Bonchev–Trinajstić information content (AvgIpc) is 2.44. The molecule has 7 heteroatoms. The highest BCUT2D eigenvalue weighted by molar-refractivity contribution is 6.33. The third-order valence-electron chi connectivity index (χ3n) is 2.92. The molecule has 0 aliphatic heterocycles. The van der Waals surface area contributed by atoms with Crippen molar-refractivity contribution in [1.82, 2.24) is 9.97 Å². The normalized spacial score (nSPS) is 12.3. The Morgan fingerprint density at radius 1 is 1.19 bits per heavy atom. The maximum Gasteiger partial charge on any atom is 0.387 e. The lowest BCUT2D eigenvalue weighted by molar-refractivity contribution is -0.0498. The van der Waals surface area contributed by atoms with E-state index in [1.165, 1.54) is 18.5 Å². The number of anilines is 1. The first-order chi connectivity index (χ1) is 9.97. The minimum atomic E-state index is -2.82. The second kappa shape index (κ2) is 6.67. The molecule has 112 valence electrons. The molecule has 0 amide bonds. The molecule has 0 aliphatic carbocycles. The zero-order valence-electron chi connectivity index (χ0n) is 11.5. The summed E-state index contributed by atoms with van der Waals surface area (Å²) in [6, 6.07) is 6.30. The van der Waals surface area contributed by atoms with Gasteiger partial charge in [0, 0.05) is 6.04 Å².